The third-order valence-corrected chi connectivity index (χ3v) is 9.94. The molecule has 2 aliphatic rings. The Labute approximate surface area is 261 Å². The molecule has 5 rings (SSSR count). The molecule has 45 heavy (non-hydrogen) atoms. The van der Waals surface area contributed by atoms with Crippen molar-refractivity contribution < 1.29 is 41.0 Å². The van der Waals surface area contributed by atoms with E-state index in [2.05, 4.69) is 10.2 Å². The number of ether oxygens (including phenoxy) is 2. The fourth-order valence-corrected chi connectivity index (χ4v) is 6.24. The monoisotopic (exact) mass is 646 g/mol. The Morgan fingerprint density at radius 2 is 1.67 bits per heavy atom. The minimum Gasteiger partial charge on any atom is -0.489 e. The van der Waals surface area contributed by atoms with Crippen molar-refractivity contribution in [2.45, 2.75) is 55.4 Å². The number of aliphatic hydroxyl groups excluding tert-OH is 1. The predicted octanol–water partition coefficient (Wildman–Crippen LogP) is 5.42. The van der Waals surface area contributed by atoms with E-state index < -0.39 is 33.5 Å². The second-order valence-corrected chi connectivity index (χ2v) is 13.8. The molecule has 3 aromatic rings. The topological polar surface area (TPSA) is 105 Å². The third-order valence-electron chi connectivity index (χ3n) is 8.19. The van der Waals surface area contributed by atoms with Crippen LogP contribution in [0.25, 0.3) is 0 Å². The number of hydrogen-bond acceptors (Lipinski definition) is 7. The molecule has 8 nitrogen and oxygen atoms in total. The van der Waals surface area contributed by atoms with Gasteiger partial charge in [0.2, 0.25) is 0 Å². The highest BCUT2D eigenvalue weighted by molar-refractivity contribution is 7.91. The predicted molar refractivity (Wildman–Crippen MR) is 163 cm³/mol. The van der Waals surface area contributed by atoms with Crippen LogP contribution >= 0.6 is 0 Å². The number of aliphatic hydroxyl groups is 1. The number of amides is 1. The zero-order chi connectivity index (χ0) is 32.2. The lowest BCUT2D eigenvalue weighted by Gasteiger charge is -2.26. The molecule has 3 atom stereocenters. The highest BCUT2D eigenvalue weighted by Gasteiger charge is 2.35. The standard InChI is InChI=1S/C33H37F3N2O6S/c1-2-45(41,42)30-15-7-23(8-16-30)31(19-39)37-32(40)24-5-11-26(12-6-24)38-18-29(17-27(38)21-43-20-22-3-4-22)44-28-13-9-25(10-14-28)33(34,35)36/h5-16,22,27,29,31,39H,2-4,17-21H2,1H3,(H,37,40)/t27-,29+,31-/m0/s1. The van der Waals surface area contributed by atoms with E-state index in [1.165, 1.54) is 37.1 Å². The van der Waals surface area contributed by atoms with Crippen molar-refractivity contribution in [1.82, 2.24) is 5.32 Å². The molecule has 1 amide bonds. The second-order valence-electron chi connectivity index (χ2n) is 11.5. The summed E-state index contributed by atoms with van der Waals surface area (Å²) in [7, 11) is -3.37. The van der Waals surface area contributed by atoms with Crippen LogP contribution in [-0.2, 0) is 20.8 Å². The van der Waals surface area contributed by atoms with Crippen LogP contribution < -0.4 is 15.0 Å². The quantitative estimate of drug-likeness (QED) is 0.256. The molecule has 242 valence electrons. The molecule has 1 heterocycles. The molecular weight excluding hydrogens is 609 g/mol. The van der Waals surface area contributed by atoms with Crippen molar-refractivity contribution in [3.05, 3.63) is 89.5 Å². The number of nitrogens with zero attached hydrogens (tertiary/aromatic N) is 1. The summed E-state index contributed by atoms with van der Waals surface area (Å²) in [5.74, 6) is 0.530. The summed E-state index contributed by atoms with van der Waals surface area (Å²) in [6.07, 6.45) is -1.74. The third kappa shape index (κ3) is 8.36. The van der Waals surface area contributed by atoms with Crippen molar-refractivity contribution in [3.63, 3.8) is 0 Å². The van der Waals surface area contributed by atoms with E-state index in [0.717, 1.165) is 17.8 Å². The van der Waals surface area contributed by atoms with Crippen LogP contribution in [0.2, 0.25) is 0 Å². The number of alkyl halides is 3. The van der Waals surface area contributed by atoms with Crippen molar-refractivity contribution in [1.29, 1.82) is 0 Å². The van der Waals surface area contributed by atoms with Gasteiger partial charge in [-0.2, -0.15) is 13.2 Å². The lowest BCUT2D eigenvalue weighted by molar-refractivity contribution is -0.137. The molecule has 1 aliphatic carbocycles. The van der Waals surface area contributed by atoms with Crippen LogP contribution in [0.15, 0.2) is 77.7 Å². The van der Waals surface area contributed by atoms with Crippen LogP contribution in [0, 0.1) is 5.92 Å². The summed E-state index contributed by atoms with van der Waals surface area (Å²) < 4.78 is 75.2. The molecular formula is C33H37F3N2O6S. The molecule has 2 N–H and O–H groups in total. The maximum absolute atomic E-state index is 13.1. The summed E-state index contributed by atoms with van der Waals surface area (Å²) in [6.45, 7) is 2.84. The van der Waals surface area contributed by atoms with Crippen LogP contribution in [0.3, 0.4) is 0 Å². The Morgan fingerprint density at radius 1 is 1.00 bits per heavy atom. The van der Waals surface area contributed by atoms with E-state index in [1.54, 1.807) is 31.2 Å². The van der Waals surface area contributed by atoms with E-state index in [-0.39, 0.29) is 29.4 Å². The van der Waals surface area contributed by atoms with E-state index in [9.17, 15) is 31.5 Å². The molecule has 0 radical (unpaired) electrons. The molecule has 12 heteroatoms. The van der Waals surface area contributed by atoms with E-state index in [4.69, 9.17) is 9.47 Å². The van der Waals surface area contributed by atoms with Gasteiger partial charge < -0.3 is 24.8 Å². The molecule has 1 aliphatic heterocycles. The van der Waals surface area contributed by atoms with E-state index >= 15 is 0 Å². The van der Waals surface area contributed by atoms with Crippen LogP contribution in [0.1, 0.15) is 53.7 Å². The number of anilines is 1. The second kappa shape index (κ2) is 13.8. The van der Waals surface area contributed by atoms with Crippen LogP contribution in [0.4, 0.5) is 18.9 Å². The van der Waals surface area contributed by atoms with Crippen LogP contribution in [0.5, 0.6) is 5.75 Å². The number of sulfone groups is 1. The highest BCUT2D eigenvalue weighted by atomic mass is 32.2. The van der Waals surface area contributed by atoms with Gasteiger partial charge >= 0.3 is 6.18 Å². The molecule has 0 spiro atoms. The Balaban J connectivity index is 1.24. The first-order valence-electron chi connectivity index (χ1n) is 15.0. The van der Waals surface area contributed by atoms with Gasteiger partial charge in [-0.05, 0) is 85.0 Å². The molecule has 2 fully saturated rings. The first-order valence-corrected chi connectivity index (χ1v) is 16.6. The Hall–Kier alpha value is -3.61. The van der Waals surface area contributed by atoms with Gasteiger partial charge in [0.25, 0.3) is 5.91 Å². The lowest BCUT2D eigenvalue weighted by Crippen LogP contribution is -2.34. The van der Waals surface area contributed by atoms with Gasteiger partial charge in [0, 0.05) is 24.3 Å². The number of hydrogen-bond donors (Lipinski definition) is 2. The van der Waals surface area contributed by atoms with Gasteiger partial charge in [0.15, 0.2) is 9.84 Å². The van der Waals surface area contributed by atoms with Crippen molar-refractivity contribution in [2.75, 3.05) is 37.0 Å². The minimum absolute atomic E-state index is 0.0267. The average molecular weight is 647 g/mol. The normalized spacial score (nSPS) is 19.4. The number of benzene rings is 3. The smallest absolute Gasteiger partial charge is 0.416 e. The number of carbonyl (C=O) groups is 1. The largest absolute Gasteiger partial charge is 0.489 e. The van der Waals surface area contributed by atoms with E-state index in [1.807, 2.05) is 12.1 Å². The number of rotatable bonds is 13. The van der Waals surface area contributed by atoms with Gasteiger partial charge in [0.1, 0.15) is 11.9 Å². The summed E-state index contributed by atoms with van der Waals surface area (Å²) in [6, 6.07) is 17.0. The molecule has 0 aromatic heterocycles. The summed E-state index contributed by atoms with van der Waals surface area (Å²) in [5.41, 5.74) is 1.06. The number of nitrogens with one attached hydrogen (secondary N) is 1. The lowest BCUT2D eigenvalue weighted by atomic mass is 10.1. The summed E-state index contributed by atoms with van der Waals surface area (Å²) in [4.78, 5) is 15.4. The van der Waals surface area contributed by atoms with Gasteiger partial charge in [-0.1, -0.05) is 19.1 Å². The minimum atomic E-state index is -4.42. The molecule has 0 unspecified atom stereocenters. The maximum atomic E-state index is 13.1. The highest BCUT2D eigenvalue weighted by Crippen LogP contribution is 2.33. The van der Waals surface area contributed by atoms with Gasteiger partial charge in [-0.25, -0.2) is 8.42 Å². The fourth-order valence-electron chi connectivity index (χ4n) is 5.36. The molecule has 0 bridgehead atoms. The summed E-state index contributed by atoms with van der Waals surface area (Å²) in [5, 5.41) is 12.7. The number of carbonyl (C=O) groups excluding carboxylic acids is 1. The zero-order valence-corrected chi connectivity index (χ0v) is 25.7. The van der Waals surface area contributed by atoms with Crippen molar-refractivity contribution >= 4 is 21.4 Å². The Bertz CT molecular complexity index is 1540. The first kappa shape index (κ1) is 32.8. The average Bonchev–Trinajstić information content (AvgIpc) is 3.78. The van der Waals surface area contributed by atoms with Gasteiger partial charge in [-0.15, -0.1) is 0 Å². The number of halogens is 3. The fraction of sp³-hybridized carbons (Fsp3) is 0.424. The molecule has 1 saturated carbocycles. The van der Waals surface area contributed by atoms with Crippen LogP contribution in [-0.4, -0.2) is 63.7 Å². The summed E-state index contributed by atoms with van der Waals surface area (Å²) >= 11 is 0. The Kier molecular flexibility index (Phi) is 10.0. The van der Waals surface area contributed by atoms with E-state index in [0.29, 0.717) is 49.0 Å². The van der Waals surface area contributed by atoms with Crippen molar-refractivity contribution in [2.24, 2.45) is 5.92 Å². The van der Waals surface area contributed by atoms with Gasteiger partial charge in [-0.3, -0.25) is 4.79 Å². The first-order chi connectivity index (χ1) is 21.5. The zero-order valence-electron chi connectivity index (χ0n) is 24.9. The van der Waals surface area contributed by atoms with Crippen molar-refractivity contribution in [3.8, 4) is 5.75 Å². The SMILES string of the molecule is CCS(=O)(=O)c1ccc([C@H](CO)NC(=O)c2ccc(N3C[C@H](Oc4ccc(C(F)(F)F)cc4)C[C@H]3COCC3CC3)cc2)cc1. The molecule has 1 saturated heterocycles. The Morgan fingerprint density at radius 3 is 2.24 bits per heavy atom. The maximum Gasteiger partial charge on any atom is 0.416 e. The molecule has 3 aromatic carbocycles. The van der Waals surface area contributed by atoms with Gasteiger partial charge in [0.05, 0.1) is 48.1 Å².